The van der Waals surface area contributed by atoms with Crippen molar-refractivity contribution in [3.63, 3.8) is 0 Å². The monoisotopic (exact) mass is 376 g/mol. The van der Waals surface area contributed by atoms with Gasteiger partial charge < -0.3 is 10.1 Å². The molecule has 1 amide bonds. The van der Waals surface area contributed by atoms with Crippen LogP contribution < -0.4 is 9.62 Å². The van der Waals surface area contributed by atoms with E-state index in [2.05, 4.69) is 5.32 Å². The Kier molecular flexibility index (Phi) is 6.52. The number of amides is 1. The minimum absolute atomic E-state index is 0.0572. The Balaban J connectivity index is 2.93. The third kappa shape index (κ3) is 6.20. The third-order valence-corrected chi connectivity index (χ3v) is 4.49. The quantitative estimate of drug-likeness (QED) is 0.855. The summed E-state index contributed by atoms with van der Waals surface area (Å²) in [7, 11) is -3.55. The van der Waals surface area contributed by atoms with Gasteiger partial charge in [0.05, 0.1) is 23.5 Å². The van der Waals surface area contributed by atoms with Gasteiger partial charge in [-0.1, -0.05) is 17.7 Å². The number of sulfonamides is 1. The number of hydrogen-bond acceptors (Lipinski definition) is 4. The number of rotatable bonds is 5. The molecular formula is C16H25ClN2O4S. The molecule has 0 aromatic heterocycles. The SMILES string of the molecule is Cc1cc(C)c(N(CCNC(=O)OC(C)(C)C)S(C)(=O)=O)c(Cl)c1. The topological polar surface area (TPSA) is 75.7 Å². The lowest BCUT2D eigenvalue weighted by Gasteiger charge is -2.26. The van der Waals surface area contributed by atoms with Crippen LogP contribution in [0.15, 0.2) is 12.1 Å². The molecule has 0 heterocycles. The fraction of sp³-hybridized carbons (Fsp3) is 0.562. The van der Waals surface area contributed by atoms with Crippen LogP contribution in [0.3, 0.4) is 0 Å². The van der Waals surface area contributed by atoms with Crippen LogP contribution in [0, 0.1) is 13.8 Å². The lowest BCUT2D eigenvalue weighted by atomic mass is 10.1. The first kappa shape index (κ1) is 20.6. The summed E-state index contributed by atoms with van der Waals surface area (Å²) in [4.78, 5) is 11.7. The van der Waals surface area contributed by atoms with Crippen LogP contribution in [0.2, 0.25) is 5.02 Å². The Labute approximate surface area is 149 Å². The van der Waals surface area contributed by atoms with Gasteiger partial charge in [0.25, 0.3) is 0 Å². The summed E-state index contributed by atoms with van der Waals surface area (Å²) in [6, 6.07) is 3.57. The van der Waals surface area contributed by atoms with Crippen molar-refractivity contribution in [3.8, 4) is 0 Å². The van der Waals surface area contributed by atoms with Crippen molar-refractivity contribution in [2.24, 2.45) is 0 Å². The molecule has 0 saturated carbocycles. The lowest BCUT2D eigenvalue weighted by molar-refractivity contribution is 0.0529. The Morgan fingerprint density at radius 3 is 2.33 bits per heavy atom. The number of carbonyl (C=O) groups is 1. The fourth-order valence-corrected chi connectivity index (χ4v) is 3.71. The van der Waals surface area contributed by atoms with Crippen molar-refractivity contribution >= 4 is 33.4 Å². The van der Waals surface area contributed by atoms with E-state index in [0.717, 1.165) is 17.4 Å². The first-order chi connectivity index (χ1) is 10.8. The molecule has 0 radical (unpaired) electrons. The molecule has 8 heteroatoms. The van der Waals surface area contributed by atoms with E-state index in [4.69, 9.17) is 16.3 Å². The smallest absolute Gasteiger partial charge is 0.407 e. The Morgan fingerprint density at radius 2 is 1.88 bits per heavy atom. The summed E-state index contributed by atoms with van der Waals surface area (Å²) < 4.78 is 30.6. The average Bonchev–Trinajstić information content (AvgIpc) is 2.32. The van der Waals surface area contributed by atoms with Crippen molar-refractivity contribution in [1.82, 2.24) is 5.32 Å². The normalized spacial score (nSPS) is 12.0. The predicted molar refractivity (Wildman–Crippen MR) is 97.4 cm³/mol. The van der Waals surface area contributed by atoms with Crippen LogP contribution in [-0.4, -0.2) is 39.5 Å². The number of anilines is 1. The first-order valence-corrected chi connectivity index (χ1v) is 9.75. The van der Waals surface area contributed by atoms with Crippen LogP contribution >= 0.6 is 11.6 Å². The molecule has 1 aromatic rings. The van der Waals surface area contributed by atoms with Crippen LogP contribution in [0.4, 0.5) is 10.5 Å². The van der Waals surface area contributed by atoms with Gasteiger partial charge in [0.1, 0.15) is 5.60 Å². The van der Waals surface area contributed by atoms with Crippen LogP contribution in [0.25, 0.3) is 0 Å². The summed E-state index contributed by atoms with van der Waals surface area (Å²) in [5.41, 5.74) is 1.51. The summed E-state index contributed by atoms with van der Waals surface area (Å²) in [6.45, 7) is 9.11. The summed E-state index contributed by atoms with van der Waals surface area (Å²) in [5, 5.41) is 2.91. The van der Waals surface area contributed by atoms with E-state index >= 15 is 0 Å². The molecule has 0 bridgehead atoms. The van der Waals surface area contributed by atoms with Gasteiger partial charge in [0.2, 0.25) is 10.0 Å². The molecule has 0 aliphatic rings. The molecule has 1 rings (SSSR count). The molecule has 1 N–H and O–H groups in total. The minimum Gasteiger partial charge on any atom is -0.444 e. The first-order valence-electron chi connectivity index (χ1n) is 7.52. The molecule has 0 aliphatic carbocycles. The number of alkyl carbamates (subject to hydrolysis) is 1. The van der Waals surface area contributed by atoms with Gasteiger partial charge in [-0.25, -0.2) is 13.2 Å². The van der Waals surface area contributed by atoms with Crippen molar-refractivity contribution in [1.29, 1.82) is 0 Å². The maximum atomic E-state index is 12.1. The van der Waals surface area contributed by atoms with Gasteiger partial charge >= 0.3 is 6.09 Å². The fourth-order valence-electron chi connectivity index (χ4n) is 2.24. The lowest BCUT2D eigenvalue weighted by Crippen LogP contribution is -2.40. The van der Waals surface area contributed by atoms with E-state index in [1.54, 1.807) is 33.8 Å². The predicted octanol–water partition coefficient (Wildman–Crippen LogP) is 3.25. The Hall–Kier alpha value is -1.47. The van der Waals surface area contributed by atoms with E-state index in [-0.39, 0.29) is 13.1 Å². The average molecular weight is 377 g/mol. The van der Waals surface area contributed by atoms with Crippen molar-refractivity contribution in [3.05, 3.63) is 28.3 Å². The second-order valence-electron chi connectivity index (χ2n) is 6.68. The van der Waals surface area contributed by atoms with Crippen molar-refractivity contribution in [2.75, 3.05) is 23.7 Å². The molecular weight excluding hydrogens is 352 g/mol. The summed E-state index contributed by atoms with van der Waals surface area (Å²) in [6.07, 6.45) is 0.512. The van der Waals surface area contributed by atoms with Crippen LogP contribution in [-0.2, 0) is 14.8 Å². The van der Waals surface area contributed by atoms with Gasteiger partial charge in [-0.3, -0.25) is 4.31 Å². The second kappa shape index (κ2) is 7.61. The van der Waals surface area contributed by atoms with E-state index in [9.17, 15) is 13.2 Å². The molecule has 0 atom stereocenters. The second-order valence-corrected chi connectivity index (χ2v) is 8.99. The Morgan fingerprint density at radius 1 is 1.29 bits per heavy atom. The molecule has 6 nitrogen and oxygen atoms in total. The summed E-state index contributed by atoms with van der Waals surface area (Å²) in [5.74, 6) is 0. The van der Waals surface area contributed by atoms with E-state index in [0.29, 0.717) is 10.7 Å². The van der Waals surface area contributed by atoms with E-state index < -0.39 is 21.7 Å². The highest BCUT2D eigenvalue weighted by Gasteiger charge is 2.23. The molecule has 1 aromatic carbocycles. The maximum absolute atomic E-state index is 12.1. The van der Waals surface area contributed by atoms with Crippen molar-refractivity contribution < 1.29 is 17.9 Å². The highest BCUT2D eigenvalue weighted by Crippen LogP contribution is 2.32. The Bertz CT molecular complexity index is 688. The highest BCUT2D eigenvalue weighted by atomic mass is 35.5. The van der Waals surface area contributed by atoms with Gasteiger partial charge in [0, 0.05) is 6.54 Å². The van der Waals surface area contributed by atoms with Crippen LogP contribution in [0.5, 0.6) is 0 Å². The maximum Gasteiger partial charge on any atom is 0.407 e. The van der Waals surface area contributed by atoms with Gasteiger partial charge in [-0.05, 0) is 51.8 Å². The zero-order chi connectivity index (χ0) is 18.7. The molecule has 0 aliphatic heterocycles. The number of nitrogens with one attached hydrogen (secondary N) is 1. The van der Waals surface area contributed by atoms with Gasteiger partial charge in [-0.2, -0.15) is 0 Å². The molecule has 0 unspecified atom stereocenters. The molecule has 136 valence electrons. The van der Waals surface area contributed by atoms with Gasteiger partial charge in [-0.15, -0.1) is 0 Å². The molecule has 24 heavy (non-hydrogen) atoms. The number of carbonyl (C=O) groups excluding carboxylic acids is 1. The highest BCUT2D eigenvalue weighted by molar-refractivity contribution is 7.92. The zero-order valence-electron chi connectivity index (χ0n) is 14.9. The van der Waals surface area contributed by atoms with Crippen LogP contribution in [0.1, 0.15) is 31.9 Å². The minimum atomic E-state index is -3.55. The molecule has 0 saturated heterocycles. The van der Waals surface area contributed by atoms with Gasteiger partial charge in [0.15, 0.2) is 0 Å². The number of hydrogen-bond donors (Lipinski definition) is 1. The van der Waals surface area contributed by atoms with Crippen molar-refractivity contribution in [2.45, 2.75) is 40.2 Å². The molecule has 0 spiro atoms. The third-order valence-electron chi connectivity index (χ3n) is 3.03. The zero-order valence-corrected chi connectivity index (χ0v) is 16.5. The number of ether oxygens (including phenoxy) is 1. The van der Waals surface area contributed by atoms with E-state index in [1.807, 2.05) is 13.0 Å². The molecule has 0 fully saturated rings. The van der Waals surface area contributed by atoms with E-state index in [1.165, 1.54) is 4.31 Å². The standard InChI is InChI=1S/C16H25ClN2O4S/c1-11-9-12(2)14(13(17)10-11)19(24(6,21)22)8-7-18-15(20)23-16(3,4)5/h9-10H,7-8H2,1-6H3,(H,18,20). The number of halogens is 1. The number of benzene rings is 1. The number of nitrogens with zero attached hydrogens (tertiary/aromatic N) is 1. The number of aryl methyl sites for hydroxylation is 2. The summed E-state index contributed by atoms with van der Waals surface area (Å²) >= 11 is 6.25. The largest absolute Gasteiger partial charge is 0.444 e.